The number of nitrogens with zero attached hydrogens (tertiary/aromatic N) is 1. The van der Waals surface area contributed by atoms with Gasteiger partial charge in [-0.15, -0.1) is 0 Å². The monoisotopic (exact) mass is 279 g/mol. The Hall–Kier alpha value is -1.62. The number of aromatic nitrogens is 1. The molecule has 0 atom stereocenters. The lowest BCUT2D eigenvalue weighted by molar-refractivity contribution is 0.0941. The van der Waals surface area contributed by atoms with Crippen LogP contribution in [0.5, 0.6) is 0 Å². The molecule has 0 unspecified atom stereocenters. The third kappa shape index (κ3) is 6.02. The van der Waals surface area contributed by atoms with Gasteiger partial charge >= 0.3 is 0 Å². The number of ether oxygens (including phenoxy) is 1. The zero-order chi connectivity index (χ0) is 14.6. The number of carbonyl (C=O) groups excluding carboxylic acids is 1. The van der Waals surface area contributed by atoms with Gasteiger partial charge in [0.05, 0.1) is 17.4 Å². The van der Waals surface area contributed by atoms with E-state index in [1.165, 1.54) is 0 Å². The van der Waals surface area contributed by atoms with E-state index in [4.69, 9.17) is 4.74 Å². The zero-order valence-electron chi connectivity index (χ0n) is 12.4. The maximum absolute atomic E-state index is 12.1. The summed E-state index contributed by atoms with van der Waals surface area (Å²) in [4.78, 5) is 16.1. The molecule has 0 aromatic carbocycles. The van der Waals surface area contributed by atoms with Gasteiger partial charge in [-0.25, -0.2) is 0 Å². The SMILES string of the molecule is CCCCOCCCNC(=O)c1ccncc1NCC. The Morgan fingerprint density at radius 3 is 2.85 bits per heavy atom. The first-order chi connectivity index (χ1) is 9.79. The first-order valence-electron chi connectivity index (χ1n) is 7.33. The highest BCUT2D eigenvalue weighted by Gasteiger charge is 2.09. The molecule has 0 aliphatic heterocycles. The van der Waals surface area contributed by atoms with Gasteiger partial charge in [-0.1, -0.05) is 13.3 Å². The Labute approximate surface area is 121 Å². The van der Waals surface area contributed by atoms with E-state index in [1.807, 2.05) is 6.92 Å². The molecule has 1 heterocycles. The summed E-state index contributed by atoms with van der Waals surface area (Å²) >= 11 is 0. The van der Waals surface area contributed by atoms with Crippen LogP contribution in [0, 0.1) is 0 Å². The molecule has 1 amide bonds. The molecule has 1 aromatic heterocycles. The molecule has 0 fully saturated rings. The van der Waals surface area contributed by atoms with Gasteiger partial charge in [-0.3, -0.25) is 9.78 Å². The lowest BCUT2D eigenvalue weighted by Crippen LogP contribution is -2.26. The minimum absolute atomic E-state index is 0.0723. The van der Waals surface area contributed by atoms with Gasteiger partial charge in [0.1, 0.15) is 0 Å². The van der Waals surface area contributed by atoms with E-state index in [2.05, 4.69) is 22.5 Å². The molecule has 1 aromatic rings. The average Bonchev–Trinajstić information content (AvgIpc) is 2.47. The molecule has 5 nitrogen and oxygen atoms in total. The van der Waals surface area contributed by atoms with Gasteiger partial charge in [0, 0.05) is 32.5 Å². The second kappa shape index (κ2) is 10.2. The number of amides is 1. The van der Waals surface area contributed by atoms with Crippen molar-refractivity contribution in [3.8, 4) is 0 Å². The van der Waals surface area contributed by atoms with Crippen LogP contribution in [0.25, 0.3) is 0 Å². The Morgan fingerprint density at radius 2 is 2.10 bits per heavy atom. The van der Waals surface area contributed by atoms with Crippen LogP contribution in [0.4, 0.5) is 5.69 Å². The van der Waals surface area contributed by atoms with Crippen LogP contribution in [0.15, 0.2) is 18.5 Å². The van der Waals surface area contributed by atoms with Crippen LogP contribution < -0.4 is 10.6 Å². The van der Waals surface area contributed by atoms with Crippen molar-refractivity contribution < 1.29 is 9.53 Å². The fourth-order valence-corrected chi connectivity index (χ4v) is 1.74. The number of anilines is 1. The number of rotatable bonds is 10. The summed E-state index contributed by atoms with van der Waals surface area (Å²) in [6.07, 6.45) is 6.37. The molecular weight excluding hydrogens is 254 g/mol. The standard InChI is InChI=1S/C15H25N3O2/c1-3-5-10-20-11-6-8-18-15(19)13-7-9-16-12-14(13)17-4-2/h7,9,12,17H,3-6,8,10-11H2,1-2H3,(H,18,19). The summed E-state index contributed by atoms with van der Waals surface area (Å²) in [5.74, 6) is -0.0723. The average molecular weight is 279 g/mol. The fourth-order valence-electron chi connectivity index (χ4n) is 1.74. The largest absolute Gasteiger partial charge is 0.383 e. The number of unbranched alkanes of at least 4 members (excludes halogenated alkanes) is 1. The Morgan fingerprint density at radius 1 is 1.30 bits per heavy atom. The Bertz CT molecular complexity index is 396. The van der Waals surface area contributed by atoms with Gasteiger partial charge in [-0.05, 0) is 25.8 Å². The lowest BCUT2D eigenvalue weighted by Gasteiger charge is -2.10. The van der Waals surface area contributed by atoms with Gasteiger partial charge < -0.3 is 15.4 Å². The topological polar surface area (TPSA) is 63.2 Å². The van der Waals surface area contributed by atoms with Crippen molar-refractivity contribution in [3.05, 3.63) is 24.0 Å². The van der Waals surface area contributed by atoms with E-state index in [9.17, 15) is 4.79 Å². The molecule has 20 heavy (non-hydrogen) atoms. The van der Waals surface area contributed by atoms with Crippen molar-refractivity contribution in [1.29, 1.82) is 0 Å². The molecule has 0 aliphatic rings. The number of pyridine rings is 1. The van der Waals surface area contributed by atoms with Gasteiger partial charge in [-0.2, -0.15) is 0 Å². The highest BCUT2D eigenvalue weighted by Crippen LogP contribution is 2.12. The first kappa shape index (κ1) is 16.4. The summed E-state index contributed by atoms with van der Waals surface area (Å²) in [5.41, 5.74) is 1.40. The van der Waals surface area contributed by atoms with Crippen molar-refractivity contribution in [2.45, 2.75) is 33.1 Å². The summed E-state index contributed by atoms with van der Waals surface area (Å²) < 4.78 is 5.45. The predicted molar refractivity (Wildman–Crippen MR) is 81.1 cm³/mol. The van der Waals surface area contributed by atoms with Crippen LogP contribution >= 0.6 is 0 Å². The van der Waals surface area contributed by atoms with Crippen molar-refractivity contribution in [2.24, 2.45) is 0 Å². The smallest absolute Gasteiger partial charge is 0.253 e. The molecule has 2 N–H and O–H groups in total. The molecule has 0 spiro atoms. The number of carbonyl (C=O) groups is 1. The third-order valence-electron chi connectivity index (χ3n) is 2.83. The van der Waals surface area contributed by atoms with Gasteiger partial charge in [0.15, 0.2) is 0 Å². The normalized spacial score (nSPS) is 10.3. The highest BCUT2D eigenvalue weighted by molar-refractivity contribution is 5.99. The Kier molecular flexibility index (Phi) is 8.38. The summed E-state index contributed by atoms with van der Waals surface area (Å²) in [6.45, 7) is 7.01. The second-order valence-electron chi connectivity index (χ2n) is 4.53. The molecule has 5 heteroatoms. The van der Waals surface area contributed by atoms with E-state index in [0.717, 1.165) is 38.1 Å². The number of nitrogens with one attached hydrogen (secondary N) is 2. The number of hydrogen-bond donors (Lipinski definition) is 2. The molecule has 0 aliphatic carbocycles. The quantitative estimate of drug-likeness (QED) is 0.646. The minimum Gasteiger partial charge on any atom is -0.383 e. The minimum atomic E-state index is -0.0723. The molecule has 112 valence electrons. The van der Waals surface area contributed by atoms with Crippen LogP contribution in [0.2, 0.25) is 0 Å². The molecule has 0 saturated carbocycles. The van der Waals surface area contributed by atoms with Gasteiger partial charge in [0.25, 0.3) is 5.91 Å². The summed E-state index contributed by atoms with van der Waals surface area (Å²) in [7, 11) is 0. The lowest BCUT2D eigenvalue weighted by atomic mass is 10.2. The summed E-state index contributed by atoms with van der Waals surface area (Å²) in [5, 5.41) is 6.04. The molecule has 0 saturated heterocycles. The molecular formula is C15H25N3O2. The van der Waals surface area contributed by atoms with Crippen LogP contribution in [-0.4, -0.2) is 37.2 Å². The Balaban J connectivity index is 2.29. The van der Waals surface area contributed by atoms with Crippen molar-refractivity contribution >= 4 is 11.6 Å². The fraction of sp³-hybridized carbons (Fsp3) is 0.600. The molecule has 1 rings (SSSR count). The second-order valence-corrected chi connectivity index (χ2v) is 4.53. The van der Waals surface area contributed by atoms with E-state index in [-0.39, 0.29) is 5.91 Å². The van der Waals surface area contributed by atoms with Crippen molar-refractivity contribution in [3.63, 3.8) is 0 Å². The van der Waals surface area contributed by atoms with Crippen LogP contribution in [0.3, 0.4) is 0 Å². The summed E-state index contributed by atoms with van der Waals surface area (Å²) in [6, 6.07) is 1.73. The van der Waals surface area contributed by atoms with Gasteiger partial charge in [0.2, 0.25) is 0 Å². The maximum atomic E-state index is 12.1. The maximum Gasteiger partial charge on any atom is 0.253 e. The van der Waals surface area contributed by atoms with E-state index in [1.54, 1.807) is 18.5 Å². The van der Waals surface area contributed by atoms with E-state index in [0.29, 0.717) is 18.7 Å². The third-order valence-corrected chi connectivity index (χ3v) is 2.83. The predicted octanol–water partition coefficient (Wildman–Crippen LogP) is 2.45. The molecule has 0 radical (unpaired) electrons. The molecule has 0 bridgehead atoms. The van der Waals surface area contributed by atoms with E-state index < -0.39 is 0 Å². The van der Waals surface area contributed by atoms with E-state index >= 15 is 0 Å². The van der Waals surface area contributed by atoms with Crippen molar-refractivity contribution in [2.75, 3.05) is 31.6 Å². The first-order valence-corrected chi connectivity index (χ1v) is 7.33. The van der Waals surface area contributed by atoms with Crippen LogP contribution in [-0.2, 0) is 4.74 Å². The highest BCUT2D eigenvalue weighted by atomic mass is 16.5. The zero-order valence-corrected chi connectivity index (χ0v) is 12.4. The number of hydrogen-bond acceptors (Lipinski definition) is 4. The van der Waals surface area contributed by atoms with Crippen molar-refractivity contribution in [1.82, 2.24) is 10.3 Å². The van der Waals surface area contributed by atoms with Crippen LogP contribution in [0.1, 0.15) is 43.5 Å².